The summed E-state index contributed by atoms with van der Waals surface area (Å²) in [6.07, 6.45) is 1.48. The van der Waals surface area contributed by atoms with Gasteiger partial charge in [0.1, 0.15) is 54.1 Å². The van der Waals surface area contributed by atoms with Crippen LogP contribution >= 0.6 is 0 Å². The second-order valence-corrected chi connectivity index (χ2v) is 19.8. The van der Waals surface area contributed by atoms with Crippen LogP contribution in [0.3, 0.4) is 0 Å². The SMILES string of the molecule is CCC(C)C(NC(=O)C(C)NC(=O)C(N)Cc1ccc(O)cc1)C(=O)NC(C(=O)NC(C)C(=O)NC(CCCN=C(N)N)C(=O)N1CCCC1C(=O)NC(CCCN=C(N)N)C(=O)NC(Cc1ccccc1)C(=O)O)C(C)C. The predicted octanol–water partition coefficient (Wildman–Crippen LogP) is -2.18. The van der Waals surface area contributed by atoms with E-state index in [0.717, 1.165) is 0 Å². The minimum Gasteiger partial charge on any atom is -0.508 e. The first-order chi connectivity index (χ1) is 36.8. The number of phenols is 1. The van der Waals surface area contributed by atoms with E-state index in [-0.39, 0.29) is 82.2 Å². The molecule has 1 fully saturated rings. The van der Waals surface area contributed by atoms with Crippen molar-refractivity contribution in [3.63, 3.8) is 0 Å². The number of carbonyl (C=O) groups excluding carboxylic acids is 8. The van der Waals surface area contributed by atoms with Gasteiger partial charge in [-0.25, -0.2) is 4.79 Å². The van der Waals surface area contributed by atoms with Crippen molar-refractivity contribution < 1.29 is 53.4 Å². The van der Waals surface area contributed by atoms with Gasteiger partial charge in [0, 0.05) is 26.1 Å². The number of hydrogen-bond donors (Lipinski definition) is 14. The van der Waals surface area contributed by atoms with E-state index in [1.54, 1.807) is 70.2 Å². The van der Waals surface area contributed by atoms with Crippen molar-refractivity contribution >= 4 is 65.1 Å². The fourth-order valence-electron chi connectivity index (χ4n) is 8.41. The normalized spacial score (nSPS) is 16.5. The summed E-state index contributed by atoms with van der Waals surface area (Å²) >= 11 is 0. The van der Waals surface area contributed by atoms with E-state index in [1.165, 1.54) is 30.9 Å². The van der Waals surface area contributed by atoms with Crippen molar-refractivity contribution in [3.8, 4) is 5.75 Å². The van der Waals surface area contributed by atoms with Gasteiger partial charge in [0.15, 0.2) is 11.9 Å². The van der Waals surface area contributed by atoms with E-state index in [9.17, 15) is 53.4 Å². The summed E-state index contributed by atoms with van der Waals surface area (Å²) in [4.78, 5) is 132. The number of carbonyl (C=O) groups is 9. The molecule has 19 N–H and O–H groups in total. The lowest BCUT2D eigenvalue weighted by atomic mass is 9.96. The van der Waals surface area contributed by atoms with Crippen LogP contribution in [0.4, 0.5) is 0 Å². The number of carboxylic acid groups (broad SMARTS) is 1. The van der Waals surface area contributed by atoms with Crippen molar-refractivity contribution in [1.29, 1.82) is 0 Å². The smallest absolute Gasteiger partial charge is 0.326 e. The highest BCUT2D eigenvalue weighted by molar-refractivity contribution is 5.98. The zero-order valence-electron chi connectivity index (χ0n) is 45.3. The van der Waals surface area contributed by atoms with Crippen molar-refractivity contribution in [2.75, 3.05) is 19.6 Å². The number of aliphatic imine (C=N–C) groups is 2. The Balaban J connectivity index is 1.75. The Bertz CT molecular complexity index is 2420. The Morgan fingerprint density at radius 3 is 1.68 bits per heavy atom. The van der Waals surface area contributed by atoms with Gasteiger partial charge < -0.3 is 81.0 Å². The molecule has 10 atom stereocenters. The monoisotopic (exact) mass is 1090 g/mol. The summed E-state index contributed by atoms with van der Waals surface area (Å²) in [6, 6.07) is 4.02. The first-order valence-electron chi connectivity index (χ1n) is 26.2. The Hall–Kier alpha value is -8.03. The highest BCUT2D eigenvalue weighted by atomic mass is 16.4. The Labute approximate surface area is 454 Å². The third-order valence-corrected chi connectivity index (χ3v) is 13.1. The molecule has 0 aliphatic carbocycles. The van der Waals surface area contributed by atoms with Gasteiger partial charge in [0.05, 0.1) is 6.04 Å². The molecule has 1 aliphatic heterocycles. The van der Waals surface area contributed by atoms with Crippen LogP contribution < -0.4 is 65.9 Å². The van der Waals surface area contributed by atoms with Crippen molar-refractivity contribution in [3.05, 3.63) is 65.7 Å². The molecule has 0 bridgehead atoms. The third kappa shape index (κ3) is 21.2. The first kappa shape index (κ1) is 64.3. The number of nitrogens with one attached hydrogen (secondary N) is 7. The standard InChI is InChI=1S/C52H81N15O11/c1-7-29(4)41(66-43(70)31(6)60-44(71)35(53)26-33-19-21-34(68)22-20-33)48(75)65-40(28(2)3)47(74)61-30(5)42(69)63-37(17-12-24-59-52(56)57)49(76)67-25-13-18-39(67)46(73)62-36(16-11-23-58-51(54)55)45(72)64-38(50(77)78)27-32-14-9-8-10-15-32/h8-10,14-15,19-22,28-31,35-41,68H,7,11-13,16-18,23-27,53H2,1-6H3,(H,60,71)(H,61,74)(H,62,73)(H,63,69)(H,64,72)(H,65,75)(H,66,70)(H,77,78)(H4,54,55,58)(H4,56,57,59). The van der Waals surface area contributed by atoms with E-state index in [1.807, 2.05) is 0 Å². The topological polar surface area (TPSA) is 436 Å². The minimum absolute atomic E-state index is 0.00249. The molecule has 10 unspecified atom stereocenters. The quantitative estimate of drug-likeness (QED) is 0.0217. The van der Waals surface area contributed by atoms with Crippen LogP contribution in [-0.4, -0.2) is 154 Å². The summed E-state index contributed by atoms with van der Waals surface area (Å²) < 4.78 is 0. The maximum atomic E-state index is 14.5. The van der Waals surface area contributed by atoms with Crippen LogP contribution in [0.5, 0.6) is 5.75 Å². The van der Waals surface area contributed by atoms with Gasteiger partial charge >= 0.3 is 5.97 Å². The van der Waals surface area contributed by atoms with Crippen molar-refractivity contribution in [2.24, 2.45) is 50.5 Å². The molecule has 8 amide bonds. The lowest BCUT2D eigenvalue weighted by Gasteiger charge is -2.31. The minimum atomic E-state index is -1.35. The number of aliphatic carboxylic acids is 1. The number of rotatable bonds is 31. The number of guanidine groups is 2. The molecule has 0 saturated carbocycles. The van der Waals surface area contributed by atoms with Gasteiger partial charge in [-0.15, -0.1) is 0 Å². The zero-order chi connectivity index (χ0) is 58.2. The number of phenolic OH excluding ortho intramolecular Hbond substituents is 1. The summed E-state index contributed by atoms with van der Waals surface area (Å²) in [5.74, 6) is -8.30. The molecule has 1 aliphatic rings. The van der Waals surface area contributed by atoms with Crippen molar-refractivity contribution in [1.82, 2.24) is 42.1 Å². The van der Waals surface area contributed by atoms with Crippen LogP contribution in [0, 0.1) is 11.8 Å². The number of nitrogens with two attached hydrogens (primary N) is 5. The average molecular weight is 1090 g/mol. The molecule has 3 rings (SSSR count). The van der Waals surface area contributed by atoms with Crippen LogP contribution in [0.25, 0.3) is 0 Å². The zero-order valence-corrected chi connectivity index (χ0v) is 45.3. The maximum Gasteiger partial charge on any atom is 0.326 e. The van der Waals surface area contributed by atoms with E-state index < -0.39 is 119 Å². The summed E-state index contributed by atoms with van der Waals surface area (Å²) in [5, 5.41) is 38.0. The number of aromatic hydroxyl groups is 1. The molecule has 26 nitrogen and oxygen atoms in total. The molecule has 1 heterocycles. The average Bonchev–Trinajstić information content (AvgIpc) is 3.92. The molecular formula is C52H81N15O11. The molecule has 26 heteroatoms. The fourth-order valence-corrected chi connectivity index (χ4v) is 8.41. The number of benzene rings is 2. The van der Waals surface area contributed by atoms with Gasteiger partial charge in [-0.05, 0) is 93.9 Å². The number of amides is 8. The Kier molecular flexibility index (Phi) is 26.3. The van der Waals surface area contributed by atoms with Crippen molar-refractivity contribution in [2.45, 2.75) is 154 Å². The molecule has 2 aromatic rings. The number of hydrogen-bond acceptors (Lipinski definition) is 13. The fraction of sp³-hybridized carbons (Fsp3) is 0.558. The predicted molar refractivity (Wildman–Crippen MR) is 291 cm³/mol. The Morgan fingerprint density at radius 2 is 1.13 bits per heavy atom. The lowest BCUT2D eigenvalue weighted by Crippen LogP contribution is -2.61. The second kappa shape index (κ2) is 31.9. The molecule has 0 radical (unpaired) electrons. The molecule has 0 spiro atoms. The largest absolute Gasteiger partial charge is 0.508 e. The van der Waals surface area contributed by atoms with E-state index >= 15 is 0 Å². The lowest BCUT2D eigenvalue weighted by molar-refractivity contribution is -0.143. The summed E-state index contributed by atoms with van der Waals surface area (Å²) in [6.45, 7) is 9.94. The highest BCUT2D eigenvalue weighted by Gasteiger charge is 2.40. The van der Waals surface area contributed by atoms with Crippen LogP contribution in [0.2, 0.25) is 0 Å². The maximum absolute atomic E-state index is 14.5. The molecule has 2 aromatic carbocycles. The van der Waals surface area contributed by atoms with Gasteiger partial charge in [-0.3, -0.25) is 48.3 Å². The van der Waals surface area contributed by atoms with Crippen LogP contribution in [-0.2, 0) is 56.0 Å². The molecule has 430 valence electrons. The number of carboxylic acids is 1. The molecule has 78 heavy (non-hydrogen) atoms. The van der Waals surface area contributed by atoms with Crippen LogP contribution in [0.1, 0.15) is 97.6 Å². The van der Waals surface area contributed by atoms with Gasteiger partial charge in [-0.1, -0.05) is 76.6 Å². The van der Waals surface area contributed by atoms with E-state index in [4.69, 9.17) is 28.7 Å². The number of likely N-dealkylation sites (tertiary alicyclic amines) is 1. The number of nitrogens with zero attached hydrogens (tertiary/aromatic N) is 3. The third-order valence-electron chi connectivity index (χ3n) is 13.1. The van der Waals surface area contributed by atoms with Gasteiger partial charge in [-0.2, -0.15) is 0 Å². The molecular weight excluding hydrogens is 1010 g/mol. The van der Waals surface area contributed by atoms with Gasteiger partial charge in [0.2, 0.25) is 47.3 Å². The van der Waals surface area contributed by atoms with E-state index in [2.05, 4.69) is 47.2 Å². The second-order valence-electron chi connectivity index (χ2n) is 19.8. The first-order valence-corrected chi connectivity index (χ1v) is 26.2. The summed E-state index contributed by atoms with van der Waals surface area (Å²) in [7, 11) is 0. The summed E-state index contributed by atoms with van der Waals surface area (Å²) in [5.41, 5.74) is 29.4. The molecule has 0 aromatic heterocycles. The molecule has 1 saturated heterocycles. The van der Waals surface area contributed by atoms with Crippen LogP contribution in [0.15, 0.2) is 64.6 Å². The van der Waals surface area contributed by atoms with Gasteiger partial charge in [0.25, 0.3) is 0 Å². The van der Waals surface area contributed by atoms with E-state index in [0.29, 0.717) is 24.0 Å². The highest BCUT2D eigenvalue weighted by Crippen LogP contribution is 2.21. The Morgan fingerprint density at radius 1 is 0.615 bits per heavy atom.